The van der Waals surface area contributed by atoms with Crippen LogP contribution in [0.15, 0.2) is 70.2 Å². The molecular formula is C24H22BrN3O5. The lowest BCUT2D eigenvalue weighted by molar-refractivity contribution is 0.0954. The molecule has 0 spiro atoms. The van der Waals surface area contributed by atoms with Gasteiger partial charge in [-0.25, -0.2) is 5.43 Å². The molecule has 33 heavy (non-hydrogen) atoms. The van der Waals surface area contributed by atoms with E-state index in [1.165, 1.54) is 27.5 Å². The van der Waals surface area contributed by atoms with Crippen molar-refractivity contribution >= 4 is 39.6 Å². The molecule has 0 aromatic heterocycles. The fraction of sp³-hybridized carbons (Fsp3) is 0.125. The first kappa shape index (κ1) is 23.8. The van der Waals surface area contributed by atoms with Gasteiger partial charge in [0.05, 0.1) is 33.1 Å². The Kier molecular flexibility index (Phi) is 8.04. The molecule has 3 rings (SSSR count). The summed E-state index contributed by atoms with van der Waals surface area (Å²) in [6.45, 7) is 0. The predicted molar refractivity (Wildman–Crippen MR) is 130 cm³/mol. The van der Waals surface area contributed by atoms with Crippen LogP contribution in [0.1, 0.15) is 26.3 Å². The van der Waals surface area contributed by atoms with Gasteiger partial charge in [-0.15, -0.1) is 0 Å². The predicted octanol–water partition coefficient (Wildman–Crippen LogP) is 4.49. The van der Waals surface area contributed by atoms with Crippen molar-refractivity contribution in [3.63, 3.8) is 0 Å². The van der Waals surface area contributed by atoms with Gasteiger partial charge in [-0.2, -0.15) is 5.10 Å². The molecule has 2 N–H and O–H groups in total. The Labute approximate surface area is 199 Å². The maximum Gasteiger partial charge on any atom is 0.271 e. The summed E-state index contributed by atoms with van der Waals surface area (Å²) >= 11 is 3.36. The molecule has 0 fully saturated rings. The van der Waals surface area contributed by atoms with Gasteiger partial charge >= 0.3 is 0 Å². The van der Waals surface area contributed by atoms with Gasteiger partial charge in [0.2, 0.25) is 5.75 Å². The van der Waals surface area contributed by atoms with E-state index in [1.807, 2.05) is 6.07 Å². The summed E-state index contributed by atoms with van der Waals surface area (Å²) in [5.41, 5.74) is 4.58. The smallest absolute Gasteiger partial charge is 0.271 e. The fourth-order valence-electron chi connectivity index (χ4n) is 2.95. The number of carbonyl (C=O) groups excluding carboxylic acids is 2. The summed E-state index contributed by atoms with van der Waals surface area (Å²) < 4.78 is 16.6. The van der Waals surface area contributed by atoms with E-state index in [0.717, 1.165) is 0 Å². The minimum absolute atomic E-state index is 0.255. The van der Waals surface area contributed by atoms with Crippen LogP contribution in [-0.2, 0) is 0 Å². The van der Waals surface area contributed by atoms with Crippen molar-refractivity contribution in [3.05, 3.63) is 81.8 Å². The molecule has 9 heteroatoms. The maximum absolute atomic E-state index is 12.4. The van der Waals surface area contributed by atoms with Crippen molar-refractivity contribution < 1.29 is 23.8 Å². The minimum Gasteiger partial charge on any atom is -0.493 e. The lowest BCUT2D eigenvalue weighted by Gasteiger charge is -2.12. The highest BCUT2D eigenvalue weighted by Crippen LogP contribution is 2.37. The monoisotopic (exact) mass is 511 g/mol. The van der Waals surface area contributed by atoms with Crippen LogP contribution < -0.4 is 25.0 Å². The highest BCUT2D eigenvalue weighted by atomic mass is 79.9. The number of anilines is 1. The van der Waals surface area contributed by atoms with E-state index in [9.17, 15) is 9.59 Å². The van der Waals surface area contributed by atoms with Crippen LogP contribution in [0.5, 0.6) is 17.2 Å². The number of halogens is 1. The number of amides is 2. The largest absolute Gasteiger partial charge is 0.493 e. The third-order valence-electron chi connectivity index (χ3n) is 4.59. The summed E-state index contributed by atoms with van der Waals surface area (Å²) in [6.07, 6.45) is 1.47. The van der Waals surface area contributed by atoms with Gasteiger partial charge < -0.3 is 19.5 Å². The molecule has 0 saturated heterocycles. The van der Waals surface area contributed by atoms with Crippen LogP contribution in [0.4, 0.5) is 5.69 Å². The van der Waals surface area contributed by atoms with E-state index < -0.39 is 5.91 Å². The Hall–Kier alpha value is -3.85. The van der Waals surface area contributed by atoms with E-state index in [-0.39, 0.29) is 5.91 Å². The number of rotatable bonds is 8. The van der Waals surface area contributed by atoms with Crippen LogP contribution in [0.25, 0.3) is 0 Å². The number of methoxy groups -OCH3 is 3. The Morgan fingerprint density at radius 3 is 2.09 bits per heavy atom. The molecule has 0 unspecified atom stereocenters. The van der Waals surface area contributed by atoms with Crippen LogP contribution in [0.2, 0.25) is 0 Å². The molecule has 0 aliphatic carbocycles. The normalized spacial score (nSPS) is 10.5. The number of benzene rings is 3. The molecular weight excluding hydrogens is 490 g/mol. The summed E-state index contributed by atoms with van der Waals surface area (Å²) in [7, 11) is 4.56. The minimum atomic E-state index is -0.401. The number of ether oxygens (including phenoxy) is 3. The molecule has 0 bridgehead atoms. The third kappa shape index (κ3) is 5.89. The lowest BCUT2D eigenvalue weighted by atomic mass is 10.1. The van der Waals surface area contributed by atoms with Gasteiger partial charge in [0.1, 0.15) is 0 Å². The van der Waals surface area contributed by atoms with E-state index >= 15 is 0 Å². The van der Waals surface area contributed by atoms with Gasteiger partial charge in [0, 0.05) is 21.3 Å². The number of nitrogens with zero attached hydrogens (tertiary/aromatic N) is 1. The van der Waals surface area contributed by atoms with Crippen molar-refractivity contribution in [1.29, 1.82) is 0 Å². The molecule has 0 saturated carbocycles. The molecule has 8 nitrogen and oxygen atoms in total. The van der Waals surface area contributed by atoms with Crippen LogP contribution >= 0.6 is 15.9 Å². The Morgan fingerprint density at radius 1 is 0.879 bits per heavy atom. The van der Waals surface area contributed by atoms with Crippen molar-refractivity contribution in [3.8, 4) is 17.2 Å². The van der Waals surface area contributed by atoms with Crippen molar-refractivity contribution in [2.45, 2.75) is 0 Å². The zero-order chi connectivity index (χ0) is 23.8. The summed E-state index contributed by atoms with van der Waals surface area (Å²) in [5, 5.41) is 6.79. The molecule has 0 aliphatic heterocycles. The van der Waals surface area contributed by atoms with E-state index in [2.05, 4.69) is 31.8 Å². The Bertz CT molecular complexity index is 1150. The quantitative estimate of drug-likeness (QED) is 0.343. The van der Waals surface area contributed by atoms with Crippen LogP contribution in [-0.4, -0.2) is 39.4 Å². The highest BCUT2D eigenvalue weighted by Gasteiger charge is 2.13. The van der Waals surface area contributed by atoms with Crippen LogP contribution in [0.3, 0.4) is 0 Å². The van der Waals surface area contributed by atoms with Gasteiger partial charge in [-0.1, -0.05) is 12.1 Å². The average molecular weight is 512 g/mol. The van der Waals surface area contributed by atoms with Gasteiger partial charge in [-0.3, -0.25) is 9.59 Å². The first-order valence-corrected chi connectivity index (χ1v) is 10.6. The SMILES string of the molecule is COc1cc(/C=N/NC(=O)c2ccc(NC(=O)c3ccccc3Br)cc2)cc(OC)c1OC. The number of nitrogens with one attached hydrogen (secondary N) is 2. The summed E-state index contributed by atoms with van der Waals surface area (Å²) in [6, 6.07) is 17.0. The molecule has 3 aromatic rings. The zero-order valence-corrected chi connectivity index (χ0v) is 19.8. The van der Waals surface area contributed by atoms with Crippen LogP contribution in [0, 0.1) is 0 Å². The first-order valence-electron chi connectivity index (χ1n) is 9.76. The number of hydrogen-bond donors (Lipinski definition) is 2. The van der Waals surface area contributed by atoms with Crippen molar-refractivity contribution in [2.24, 2.45) is 5.10 Å². The fourth-order valence-corrected chi connectivity index (χ4v) is 3.42. The van der Waals surface area contributed by atoms with E-state index in [1.54, 1.807) is 54.6 Å². The standard InChI is InChI=1S/C24H22BrN3O5/c1-31-20-12-15(13-21(32-2)22(20)33-3)14-26-28-23(29)16-8-10-17(11-9-16)27-24(30)18-6-4-5-7-19(18)25/h4-14H,1-3H3,(H,27,30)(H,28,29)/b26-14+. The summed E-state index contributed by atoms with van der Waals surface area (Å²) in [5.74, 6) is 0.763. The molecule has 170 valence electrons. The second kappa shape index (κ2) is 11.1. The molecule has 3 aromatic carbocycles. The average Bonchev–Trinajstić information content (AvgIpc) is 2.83. The van der Waals surface area contributed by atoms with Gasteiger partial charge in [-0.05, 0) is 64.5 Å². The molecule has 2 amide bonds. The third-order valence-corrected chi connectivity index (χ3v) is 5.28. The Morgan fingerprint density at radius 2 is 1.52 bits per heavy atom. The topological polar surface area (TPSA) is 98.2 Å². The summed E-state index contributed by atoms with van der Waals surface area (Å²) in [4.78, 5) is 24.8. The molecule has 0 atom stereocenters. The van der Waals surface area contributed by atoms with Crippen molar-refractivity contribution in [1.82, 2.24) is 5.43 Å². The first-order chi connectivity index (χ1) is 16.0. The second-order valence-electron chi connectivity index (χ2n) is 6.67. The maximum atomic E-state index is 12.4. The number of carbonyl (C=O) groups is 2. The molecule has 0 radical (unpaired) electrons. The number of hydrogen-bond acceptors (Lipinski definition) is 6. The van der Waals surface area contributed by atoms with Gasteiger partial charge in [0.15, 0.2) is 11.5 Å². The number of hydrazone groups is 1. The van der Waals surface area contributed by atoms with E-state index in [0.29, 0.717) is 44.1 Å². The van der Waals surface area contributed by atoms with Gasteiger partial charge in [0.25, 0.3) is 11.8 Å². The lowest BCUT2D eigenvalue weighted by Crippen LogP contribution is -2.18. The molecule has 0 aliphatic rings. The van der Waals surface area contributed by atoms with Crippen molar-refractivity contribution in [2.75, 3.05) is 26.6 Å². The molecule has 0 heterocycles. The Balaban J connectivity index is 1.64. The van der Waals surface area contributed by atoms with E-state index in [4.69, 9.17) is 14.2 Å². The second-order valence-corrected chi connectivity index (χ2v) is 7.52. The zero-order valence-electron chi connectivity index (χ0n) is 18.2. The highest BCUT2D eigenvalue weighted by molar-refractivity contribution is 9.10.